The first-order valence-corrected chi connectivity index (χ1v) is 8.71. The van der Waals surface area contributed by atoms with E-state index in [1.807, 2.05) is 30.3 Å². The number of Topliss-reactive ketones (excluding diaryl/α,β-unsaturated/α-hetero) is 1. The van der Waals surface area contributed by atoms with Crippen LogP contribution in [-0.4, -0.2) is 35.9 Å². The monoisotopic (exact) mass is 393 g/mol. The zero-order chi connectivity index (χ0) is 18.8. The Kier molecular flexibility index (Phi) is 6.13. The largest absolute Gasteiger partial charge is 0.562 e. The molecule has 1 aliphatic rings. The van der Waals surface area contributed by atoms with Gasteiger partial charge in [0.05, 0.1) is 11.6 Å². The number of pyridine rings is 1. The number of rotatable bonds is 5. The number of hydrogen-bond acceptors (Lipinski definition) is 6. The summed E-state index contributed by atoms with van der Waals surface area (Å²) in [6.07, 6.45) is 5.00. The number of benzene rings is 2. The van der Waals surface area contributed by atoms with Crippen molar-refractivity contribution < 1.29 is 14.5 Å². The summed E-state index contributed by atoms with van der Waals surface area (Å²) in [5.41, 5.74) is 8.68. The minimum atomic E-state index is -1.08. The predicted molar refractivity (Wildman–Crippen MR) is 116 cm³/mol. The normalized spacial score (nSPS) is 13.4. The molecule has 2 aromatic carbocycles. The van der Waals surface area contributed by atoms with Crippen molar-refractivity contribution in [1.29, 1.82) is 0 Å². The smallest absolute Gasteiger partial charge is 0.524 e. The number of carbonyl (C=O) groups excluding carboxylic acids is 1. The van der Waals surface area contributed by atoms with E-state index in [4.69, 9.17) is 10.4 Å². The van der Waals surface area contributed by atoms with Gasteiger partial charge in [-0.05, 0) is 22.6 Å². The van der Waals surface area contributed by atoms with Crippen molar-refractivity contribution in [2.75, 3.05) is 6.54 Å². The lowest BCUT2D eigenvalue weighted by atomic mass is 9.75. The molecule has 1 aliphatic heterocycles. The topological polar surface area (TPSA) is 97.8 Å². The predicted octanol–water partition coefficient (Wildman–Crippen LogP) is 1.58. The molecule has 0 unspecified atom stereocenters. The number of ketones is 1. The van der Waals surface area contributed by atoms with Gasteiger partial charge in [0.25, 0.3) is 0 Å². The molecule has 28 heavy (non-hydrogen) atoms. The van der Waals surface area contributed by atoms with Crippen LogP contribution in [0.5, 0.6) is 0 Å². The van der Waals surface area contributed by atoms with Gasteiger partial charge in [-0.2, -0.15) is 13.5 Å². The first-order chi connectivity index (χ1) is 13.2. The summed E-state index contributed by atoms with van der Waals surface area (Å²) in [7, 11) is -1.08. The Morgan fingerprint density at radius 1 is 1.21 bits per heavy atom. The molecule has 6 nitrogen and oxygen atoms in total. The Morgan fingerprint density at radius 3 is 2.89 bits per heavy atom. The first-order valence-electron chi connectivity index (χ1n) is 8.71. The van der Waals surface area contributed by atoms with E-state index < -0.39 is 13.0 Å². The van der Waals surface area contributed by atoms with Crippen LogP contribution in [-0.2, 0) is 15.9 Å². The molecular weight excluding hydrogens is 373 g/mol. The number of nitrogens with two attached hydrogens (primary N) is 1. The van der Waals surface area contributed by atoms with Gasteiger partial charge < -0.3 is 15.4 Å². The molecule has 4 rings (SSSR count). The highest BCUT2D eigenvalue weighted by Crippen LogP contribution is 2.28. The van der Waals surface area contributed by atoms with Crippen LogP contribution in [0.2, 0.25) is 0 Å². The second-order valence-electron chi connectivity index (χ2n) is 6.50. The molecule has 0 bridgehead atoms. The van der Waals surface area contributed by atoms with Gasteiger partial charge in [-0.15, -0.1) is 0 Å². The van der Waals surface area contributed by atoms with Crippen molar-refractivity contribution in [3.8, 4) is 0 Å². The molecule has 8 heteroatoms. The van der Waals surface area contributed by atoms with E-state index in [2.05, 4.69) is 9.98 Å². The van der Waals surface area contributed by atoms with E-state index in [-0.39, 0.29) is 32.2 Å². The van der Waals surface area contributed by atoms with Gasteiger partial charge in [-0.25, -0.2) is 4.99 Å². The third-order valence-corrected chi connectivity index (χ3v) is 4.82. The van der Waals surface area contributed by atoms with E-state index in [0.717, 1.165) is 16.3 Å². The van der Waals surface area contributed by atoms with Crippen LogP contribution in [0.1, 0.15) is 17.0 Å². The number of fused-ring (bicyclic) bond motifs is 2. The lowest BCUT2D eigenvalue weighted by Crippen LogP contribution is -2.37. The number of aromatic nitrogens is 1. The van der Waals surface area contributed by atoms with Crippen molar-refractivity contribution in [2.45, 2.75) is 12.3 Å². The van der Waals surface area contributed by atoms with Crippen molar-refractivity contribution in [1.82, 2.24) is 4.98 Å². The maximum Gasteiger partial charge on any atom is 0.562 e. The zero-order valence-electron chi connectivity index (χ0n) is 15.1. The van der Waals surface area contributed by atoms with Gasteiger partial charge in [0.1, 0.15) is 5.78 Å². The van der Waals surface area contributed by atoms with E-state index in [1.165, 1.54) is 6.40 Å². The molecule has 142 valence electrons. The number of aliphatic imine (C=N–C) groups is 1. The number of para-hydroxylation sites is 1. The van der Waals surface area contributed by atoms with Gasteiger partial charge in [0, 0.05) is 36.2 Å². The van der Waals surface area contributed by atoms with Crippen molar-refractivity contribution in [3.63, 3.8) is 0 Å². The van der Waals surface area contributed by atoms with Crippen LogP contribution in [0.3, 0.4) is 0 Å². The maximum atomic E-state index is 13.0. The molecule has 2 heterocycles. The van der Waals surface area contributed by atoms with Crippen LogP contribution in [0, 0.1) is 0 Å². The van der Waals surface area contributed by atoms with Crippen molar-refractivity contribution in [2.24, 2.45) is 10.7 Å². The van der Waals surface area contributed by atoms with Crippen molar-refractivity contribution >= 4 is 54.7 Å². The first kappa shape index (κ1) is 20.1. The standard InChI is InChI=1S/C20H18BN3O3.H2S/c22-10-17(16-2-1-3-18-20(16)24-12-27-21(18)26)19(25)9-13-4-5-15-11-23-7-6-14(15)8-13;/h1-8,11-12,17,26H,9-10,22H2;1H2/t17-;/m1./s1. The Hall–Kier alpha value is -2.68. The van der Waals surface area contributed by atoms with E-state index in [9.17, 15) is 9.82 Å². The number of nitrogens with zero attached hydrogens (tertiary/aromatic N) is 2. The van der Waals surface area contributed by atoms with Crippen LogP contribution in [0.25, 0.3) is 10.8 Å². The summed E-state index contributed by atoms with van der Waals surface area (Å²) >= 11 is 0. The summed E-state index contributed by atoms with van der Waals surface area (Å²) in [4.78, 5) is 21.3. The highest BCUT2D eigenvalue weighted by atomic mass is 32.1. The van der Waals surface area contributed by atoms with E-state index >= 15 is 0 Å². The minimum Gasteiger partial charge on any atom is -0.524 e. The molecular formula is C20H20BN3O3S. The Balaban J connectivity index is 0.00000225. The Labute approximate surface area is 170 Å². The summed E-state index contributed by atoms with van der Waals surface area (Å²) in [6.45, 7) is 0.166. The van der Waals surface area contributed by atoms with Gasteiger partial charge >= 0.3 is 7.12 Å². The highest BCUT2D eigenvalue weighted by molar-refractivity contribution is 7.59. The summed E-state index contributed by atoms with van der Waals surface area (Å²) in [5, 5.41) is 12.1. The van der Waals surface area contributed by atoms with E-state index in [1.54, 1.807) is 24.5 Å². The molecule has 0 spiro atoms. The second kappa shape index (κ2) is 8.56. The van der Waals surface area contributed by atoms with Crippen LogP contribution in [0.15, 0.2) is 59.9 Å². The summed E-state index contributed by atoms with van der Waals surface area (Å²) in [6, 6.07) is 13.2. The third kappa shape index (κ3) is 3.80. The fourth-order valence-corrected chi connectivity index (χ4v) is 3.42. The number of carbonyl (C=O) groups is 1. The van der Waals surface area contributed by atoms with Crippen LogP contribution >= 0.6 is 13.5 Å². The molecule has 1 aromatic heterocycles. The van der Waals surface area contributed by atoms with Gasteiger partial charge in [-0.1, -0.05) is 36.4 Å². The minimum absolute atomic E-state index is 0. The third-order valence-electron chi connectivity index (χ3n) is 4.82. The van der Waals surface area contributed by atoms with Crippen molar-refractivity contribution in [3.05, 3.63) is 66.0 Å². The fourth-order valence-electron chi connectivity index (χ4n) is 3.42. The summed E-state index contributed by atoms with van der Waals surface area (Å²) < 4.78 is 5.01. The fraction of sp³-hybridized carbons (Fsp3) is 0.150. The second-order valence-corrected chi connectivity index (χ2v) is 6.50. The molecule has 0 aliphatic carbocycles. The molecule has 0 saturated heterocycles. The van der Waals surface area contributed by atoms with Gasteiger partial charge in [-0.3, -0.25) is 9.78 Å². The van der Waals surface area contributed by atoms with Gasteiger partial charge in [0.15, 0.2) is 6.40 Å². The Morgan fingerprint density at radius 2 is 2.07 bits per heavy atom. The molecule has 3 aromatic rings. The lowest BCUT2D eigenvalue weighted by Gasteiger charge is -2.21. The zero-order valence-corrected chi connectivity index (χ0v) is 16.1. The SMILES string of the molecule is NC[C@@H](C(=O)Cc1ccc2cnccc2c1)c1cccc2c1N=COB2O.S. The van der Waals surface area contributed by atoms with Gasteiger partial charge in [0.2, 0.25) is 0 Å². The lowest BCUT2D eigenvalue weighted by molar-refractivity contribution is -0.119. The molecule has 0 fully saturated rings. The Bertz CT molecular complexity index is 1040. The molecule has 0 saturated carbocycles. The molecule has 0 amide bonds. The van der Waals surface area contributed by atoms with Crippen LogP contribution in [0.4, 0.5) is 5.69 Å². The average molecular weight is 393 g/mol. The molecule has 0 radical (unpaired) electrons. The summed E-state index contributed by atoms with van der Waals surface area (Å²) in [5.74, 6) is -0.494. The maximum absolute atomic E-state index is 13.0. The molecule has 3 N–H and O–H groups in total. The molecule has 1 atom stereocenters. The highest BCUT2D eigenvalue weighted by Gasteiger charge is 2.30. The van der Waals surface area contributed by atoms with Crippen LogP contribution < -0.4 is 11.2 Å². The quantitative estimate of drug-likeness (QED) is 0.642. The number of hydrogen-bond donors (Lipinski definition) is 2. The average Bonchev–Trinajstić information content (AvgIpc) is 2.69. The van der Waals surface area contributed by atoms with E-state index in [0.29, 0.717) is 16.7 Å².